The molecule has 0 bridgehead atoms. The molecule has 0 fully saturated rings. The van der Waals surface area contributed by atoms with Crippen molar-refractivity contribution in [2.75, 3.05) is 0 Å². The summed E-state index contributed by atoms with van der Waals surface area (Å²) in [5.41, 5.74) is 8.93. The van der Waals surface area contributed by atoms with Crippen LogP contribution < -0.4 is 15.9 Å². The molecule has 2 nitrogen and oxygen atoms in total. The van der Waals surface area contributed by atoms with E-state index in [1.54, 1.807) is 0 Å². The molecule has 0 amide bonds. The topological polar surface area (TPSA) is 47.6 Å². The molecule has 8 rings (SSSR count). The molecule has 0 radical (unpaired) electrons. The molecule has 198 valence electrons. The highest BCUT2D eigenvalue weighted by atomic mass is 31.1. The largest absolute Gasteiger partial charge is 0.192 e. The fourth-order valence-electron chi connectivity index (χ4n) is 6.40. The van der Waals surface area contributed by atoms with E-state index >= 15 is 0 Å². The van der Waals surface area contributed by atoms with Gasteiger partial charge in [0, 0.05) is 0 Å². The maximum atomic E-state index is 9.33. The standard InChI is InChI=1S/C40H23N2P/c41-24-26-8-14-31(15-9-26)43(32-16-10-27(25-42)11-17-32)33-18-12-28(13-19-33)34-20-21-37-39-23-30-5-2-1-4-29(30)22-38(39)36-7-3-6-35(34)40(36)37/h1-23H. The molecule has 0 spiro atoms. The summed E-state index contributed by atoms with van der Waals surface area (Å²) in [6, 6.07) is 53.7. The summed E-state index contributed by atoms with van der Waals surface area (Å²) in [6.45, 7) is 0. The van der Waals surface area contributed by atoms with Crippen molar-refractivity contribution >= 4 is 45.4 Å². The Kier molecular flexibility index (Phi) is 5.91. The van der Waals surface area contributed by atoms with Crippen molar-refractivity contribution < 1.29 is 0 Å². The Bertz CT molecular complexity index is 2180. The summed E-state index contributed by atoms with van der Waals surface area (Å²) in [4.78, 5) is 0. The minimum absolute atomic E-state index is 0.649. The van der Waals surface area contributed by atoms with Gasteiger partial charge in [-0.25, -0.2) is 0 Å². The van der Waals surface area contributed by atoms with Crippen molar-refractivity contribution in [2.24, 2.45) is 0 Å². The molecule has 0 saturated heterocycles. The summed E-state index contributed by atoms with van der Waals surface area (Å²) < 4.78 is 0. The summed E-state index contributed by atoms with van der Waals surface area (Å²) in [5, 5.41) is 27.3. The first-order chi connectivity index (χ1) is 21.2. The molecule has 7 aromatic carbocycles. The van der Waals surface area contributed by atoms with Crippen molar-refractivity contribution in [3.8, 4) is 45.5 Å². The van der Waals surface area contributed by atoms with Crippen molar-refractivity contribution in [1.29, 1.82) is 10.5 Å². The molecule has 0 aliphatic heterocycles. The highest BCUT2D eigenvalue weighted by Crippen LogP contribution is 2.50. The molecule has 0 unspecified atom stereocenters. The molecular formula is C40H23N2P. The maximum absolute atomic E-state index is 9.33. The van der Waals surface area contributed by atoms with Gasteiger partial charge in [0.15, 0.2) is 0 Å². The Balaban J connectivity index is 1.23. The minimum atomic E-state index is -0.863. The van der Waals surface area contributed by atoms with Gasteiger partial charge in [-0.15, -0.1) is 0 Å². The Morgan fingerprint density at radius 2 is 0.907 bits per heavy atom. The summed E-state index contributed by atoms with van der Waals surface area (Å²) in [6.07, 6.45) is 0. The minimum Gasteiger partial charge on any atom is -0.192 e. The van der Waals surface area contributed by atoms with Crippen LogP contribution in [0.4, 0.5) is 0 Å². The average Bonchev–Trinajstić information content (AvgIpc) is 3.38. The lowest BCUT2D eigenvalue weighted by Crippen LogP contribution is -2.20. The second kappa shape index (κ2) is 10.1. The molecular weight excluding hydrogens is 539 g/mol. The predicted molar refractivity (Wildman–Crippen MR) is 179 cm³/mol. The smallest absolute Gasteiger partial charge is 0.0991 e. The van der Waals surface area contributed by atoms with Gasteiger partial charge in [-0.2, -0.15) is 10.5 Å². The van der Waals surface area contributed by atoms with E-state index in [0.29, 0.717) is 11.1 Å². The van der Waals surface area contributed by atoms with Crippen LogP contribution in [0, 0.1) is 22.7 Å². The molecule has 3 heteroatoms. The van der Waals surface area contributed by atoms with Crippen molar-refractivity contribution in [1.82, 2.24) is 0 Å². The fourth-order valence-corrected chi connectivity index (χ4v) is 8.64. The zero-order chi connectivity index (χ0) is 28.9. The number of nitrogens with zero attached hydrogens (tertiary/aromatic N) is 2. The lowest BCUT2D eigenvalue weighted by Gasteiger charge is -2.20. The quantitative estimate of drug-likeness (QED) is 0.201. The molecule has 1 aliphatic carbocycles. The number of fused-ring (bicyclic) bond motifs is 4. The molecule has 43 heavy (non-hydrogen) atoms. The van der Waals surface area contributed by atoms with E-state index in [0.717, 1.165) is 0 Å². The van der Waals surface area contributed by atoms with Crippen molar-refractivity contribution in [3.63, 3.8) is 0 Å². The van der Waals surface area contributed by atoms with Crippen LogP contribution in [-0.2, 0) is 0 Å². The Labute approximate surface area is 251 Å². The highest BCUT2D eigenvalue weighted by Gasteiger charge is 2.23. The van der Waals surface area contributed by atoms with Gasteiger partial charge in [-0.05, 0) is 115 Å². The number of hydrogen-bond donors (Lipinski definition) is 0. The SMILES string of the molecule is N#Cc1ccc(P(c2ccc(C#N)cc2)c2ccc(-c3ccc4c5c(cccc35)-c3cc5ccccc5cc3-4)cc2)cc1. The van der Waals surface area contributed by atoms with E-state index < -0.39 is 7.92 Å². The highest BCUT2D eigenvalue weighted by molar-refractivity contribution is 7.79. The second-order valence-corrected chi connectivity index (χ2v) is 13.1. The average molecular weight is 563 g/mol. The van der Waals surface area contributed by atoms with Crippen molar-refractivity contribution in [3.05, 3.63) is 151 Å². The van der Waals surface area contributed by atoms with Crippen LogP contribution in [0.5, 0.6) is 0 Å². The fraction of sp³-hybridized carbons (Fsp3) is 0. The zero-order valence-corrected chi connectivity index (χ0v) is 24.0. The number of benzene rings is 7. The lowest BCUT2D eigenvalue weighted by molar-refractivity contribution is 1.49. The van der Waals surface area contributed by atoms with Gasteiger partial charge in [-0.1, -0.05) is 103 Å². The van der Waals surface area contributed by atoms with Crippen LogP contribution in [0.25, 0.3) is 54.9 Å². The van der Waals surface area contributed by atoms with E-state index in [4.69, 9.17) is 0 Å². The first kappa shape index (κ1) is 25.2. The summed E-state index contributed by atoms with van der Waals surface area (Å²) >= 11 is 0. The number of hydrogen-bond acceptors (Lipinski definition) is 2. The van der Waals surface area contributed by atoms with Crippen LogP contribution in [0.2, 0.25) is 0 Å². The van der Waals surface area contributed by atoms with E-state index in [2.05, 4.69) is 127 Å². The van der Waals surface area contributed by atoms with Crippen LogP contribution in [0.1, 0.15) is 11.1 Å². The van der Waals surface area contributed by atoms with E-state index in [9.17, 15) is 10.5 Å². The molecule has 0 heterocycles. The van der Waals surface area contributed by atoms with Gasteiger partial charge in [0.2, 0.25) is 0 Å². The Hall–Kier alpha value is -5.53. The van der Waals surface area contributed by atoms with Gasteiger partial charge in [0.05, 0.1) is 23.3 Å². The van der Waals surface area contributed by atoms with Crippen LogP contribution in [0.15, 0.2) is 140 Å². The molecule has 7 aromatic rings. The third-order valence-electron chi connectivity index (χ3n) is 8.45. The van der Waals surface area contributed by atoms with Gasteiger partial charge in [0.1, 0.15) is 0 Å². The normalized spacial score (nSPS) is 11.4. The van der Waals surface area contributed by atoms with Crippen LogP contribution >= 0.6 is 7.92 Å². The van der Waals surface area contributed by atoms with E-state index in [-0.39, 0.29) is 0 Å². The maximum Gasteiger partial charge on any atom is 0.0991 e. The second-order valence-electron chi connectivity index (χ2n) is 10.8. The Morgan fingerprint density at radius 3 is 1.44 bits per heavy atom. The zero-order valence-electron chi connectivity index (χ0n) is 23.1. The summed E-state index contributed by atoms with van der Waals surface area (Å²) in [5.74, 6) is 0. The monoisotopic (exact) mass is 562 g/mol. The van der Waals surface area contributed by atoms with Crippen molar-refractivity contribution in [2.45, 2.75) is 0 Å². The first-order valence-electron chi connectivity index (χ1n) is 14.2. The van der Waals surface area contributed by atoms with Crippen LogP contribution in [-0.4, -0.2) is 0 Å². The van der Waals surface area contributed by atoms with E-state index in [1.807, 2.05) is 24.3 Å². The van der Waals surface area contributed by atoms with E-state index in [1.165, 1.54) is 70.8 Å². The van der Waals surface area contributed by atoms with Gasteiger partial charge in [0.25, 0.3) is 0 Å². The van der Waals surface area contributed by atoms with Gasteiger partial charge >= 0.3 is 0 Å². The number of rotatable bonds is 4. The molecule has 0 atom stereocenters. The predicted octanol–water partition coefficient (Wildman–Crippen LogP) is 8.81. The summed E-state index contributed by atoms with van der Waals surface area (Å²) in [7, 11) is -0.863. The van der Waals surface area contributed by atoms with Crippen LogP contribution in [0.3, 0.4) is 0 Å². The van der Waals surface area contributed by atoms with Gasteiger partial charge in [-0.3, -0.25) is 0 Å². The molecule has 0 saturated carbocycles. The third-order valence-corrected chi connectivity index (χ3v) is 10.9. The Morgan fingerprint density at radius 1 is 0.419 bits per heavy atom. The first-order valence-corrected chi connectivity index (χ1v) is 15.6. The van der Waals surface area contributed by atoms with Gasteiger partial charge < -0.3 is 0 Å². The molecule has 1 aliphatic rings. The molecule has 0 aromatic heterocycles. The third kappa shape index (κ3) is 4.13. The lowest BCUT2D eigenvalue weighted by atomic mass is 9.94. The molecule has 0 N–H and O–H groups in total. The number of nitriles is 2.